The molecule has 70 valence electrons. The van der Waals surface area contributed by atoms with Gasteiger partial charge in [-0.3, -0.25) is 0 Å². The van der Waals surface area contributed by atoms with Crippen LogP contribution in [-0.4, -0.2) is 39.9 Å². The van der Waals surface area contributed by atoms with Crippen molar-refractivity contribution >= 4 is 6.09 Å². The highest BCUT2D eigenvalue weighted by Gasteiger charge is 2.39. The van der Waals surface area contributed by atoms with Crippen LogP contribution in [0.25, 0.3) is 0 Å². The monoisotopic (exact) mass is 173 g/mol. The Morgan fingerprint density at radius 3 is 2.75 bits per heavy atom. The van der Waals surface area contributed by atoms with E-state index in [2.05, 4.69) is 6.92 Å². The number of carboxylic acid groups (broad SMARTS) is 1. The zero-order valence-electron chi connectivity index (χ0n) is 7.23. The fraction of sp³-hybridized carbons (Fsp3) is 0.875. The van der Waals surface area contributed by atoms with Gasteiger partial charge in [-0.1, -0.05) is 19.8 Å². The predicted octanol–water partition coefficient (Wildman–Crippen LogP) is 0.900. The molecule has 1 heterocycles. The fourth-order valence-corrected chi connectivity index (χ4v) is 1.51. The van der Waals surface area contributed by atoms with Crippen molar-refractivity contribution in [2.75, 3.05) is 6.54 Å². The summed E-state index contributed by atoms with van der Waals surface area (Å²) in [7, 11) is 0. The molecule has 1 aliphatic rings. The molecule has 1 saturated heterocycles. The molecule has 0 aromatic heterocycles. The van der Waals surface area contributed by atoms with Crippen molar-refractivity contribution in [2.24, 2.45) is 0 Å². The molecule has 4 heteroatoms. The second-order valence-electron chi connectivity index (χ2n) is 3.21. The summed E-state index contributed by atoms with van der Waals surface area (Å²) in [6, 6.07) is -0.151. The van der Waals surface area contributed by atoms with E-state index in [1.165, 1.54) is 4.90 Å². The lowest BCUT2D eigenvalue weighted by molar-refractivity contribution is -0.0500. The molecule has 0 saturated carbocycles. The van der Waals surface area contributed by atoms with E-state index < -0.39 is 12.2 Å². The van der Waals surface area contributed by atoms with Crippen LogP contribution in [0.2, 0.25) is 0 Å². The molecule has 12 heavy (non-hydrogen) atoms. The number of aliphatic hydroxyl groups excluding tert-OH is 1. The molecule has 0 aliphatic carbocycles. The van der Waals surface area contributed by atoms with Gasteiger partial charge < -0.3 is 15.1 Å². The zero-order chi connectivity index (χ0) is 9.14. The van der Waals surface area contributed by atoms with Gasteiger partial charge in [-0.05, 0) is 6.42 Å². The Bertz CT molecular complexity index is 172. The molecule has 2 unspecified atom stereocenters. The van der Waals surface area contributed by atoms with E-state index in [-0.39, 0.29) is 12.6 Å². The summed E-state index contributed by atoms with van der Waals surface area (Å²) >= 11 is 0. The first-order valence-electron chi connectivity index (χ1n) is 4.34. The van der Waals surface area contributed by atoms with Gasteiger partial charge in [0, 0.05) is 0 Å². The quantitative estimate of drug-likeness (QED) is 0.666. The summed E-state index contributed by atoms with van der Waals surface area (Å²) < 4.78 is 0. The molecule has 4 nitrogen and oxygen atoms in total. The first-order chi connectivity index (χ1) is 5.66. The summed E-state index contributed by atoms with van der Waals surface area (Å²) in [5.74, 6) is 0. The van der Waals surface area contributed by atoms with Crippen molar-refractivity contribution in [3.8, 4) is 0 Å². The van der Waals surface area contributed by atoms with Crippen molar-refractivity contribution in [1.82, 2.24) is 4.90 Å². The number of unbranched alkanes of at least 4 members (excludes halogenated alkanes) is 1. The van der Waals surface area contributed by atoms with Gasteiger partial charge in [-0.25, -0.2) is 4.79 Å². The van der Waals surface area contributed by atoms with E-state index in [4.69, 9.17) is 5.11 Å². The van der Waals surface area contributed by atoms with Crippen molar-refractivity contribution in [3.63, 3.8) is 0 Å². The van der Waals surface area contributed by atoms with Crippen LogP contribution in [0.1, 0.15) is 26.2 Å². The minimum Gasteiger partial charge on any atom is -0.465 e. The average Bonchev–Trinajstić information content (AvgIpc) is 2.00. The van der Waals surface area contributed by atoms with Crippen molar-refractivity contribution in [2.45, 2.75) is 38.3 Å². The number of hydrogen-bond acceptors (Lipinski definition) is 2. The molecule has 1 aliphatic heterocycles. The van der Waals surface area contributed by atoms with Crippen LogP contribution >= 0.6 is 0 Å². The molecule has 2 atom stereocenters. The second-order valence-corrected chi connectivity index (χ2v) is 3.21. The molecular weight excluding hydrogens is 158 g/mol. The maximum Gasteiger partial charge on any atom is 0.407 e. The van der Waals surface area contributed by atoms with Gasteiger partial charge in [0.05, 0.1) is 18.7 Å². The van der Waals surface area contributed by atoms with E-state index in [1.54, 1.807) is 0 Å². The molecule has 0 aromatic carbocycles. The minimum absolute atomic E-state index is 0.151. The summed E-state index contributed by atoms with van der Waals surface area (Å²) in [6.07, 6.45) is 1.45. The molecule has 0 radical (unpaired) electrons. The normalized spacial score (nSPS) is 28.3. The summed E-state index contributed by atoms with van der Waals surface area (Å²) in [6.45, 7) is 2.33. The first kappa shape index (κ1) is 9.32. The smallest absolute Gasteiger partial charge is 0.407 e. The second kappa shape index (κ2) is 3.76. The van der Waals surface area contributed by atoms with Gasteiger partial charge >= 0.3 is 6.09 Å². The Morgan fingerprint density at radius 2 is 2.33 bits per heavy atom. The van der Waals surface area contributed by atoms with Crippen LogP contribution in [0, 0.1) is 0 Å². The third-order valence-corrected chi connectivity index (χ3v) is 2.33. The van der Waals surface area contributed by atoms with Gasteiger partial charge in [-0.2, -0.15) is 0 Å². The van der Waals surface area contributed by atoms with Crippen LogP contribution in [0.15, 0.2) is 0 Å². The highest BCUT2D eigenvalue weighted by atomic mass is 16.4. The van der Waals surface area contributed by atoms with E-state index >= 15 is 0 Å². The highest BCUT2D eigenvalue weighted by Crippen LogP contribution is 2.22. The molecule has 1 amide bonds. The summed E-state index contributed by atoms with van der Waals surface area (Å²) in [5, 5.41) is 17.9. The third-order valence-electron chi connectivity index (χ3n) is 2.33. The van der Waals surface area contributed by atoms with Crippen LogP contribution in [0.4, 0.5) is 4.79 Å². The number of likely N-dealkylation sites (tertiary alicyclic amines) is 1. The summed E-state index contributed by atoms with van der Waals surface area (Å²) in [4.78, 5) is 11.8. The Morgan fingerprint density at radius 1 is 1.67 bits per heavy atom. The van der Waals surface area contributed by atoms with Gasteiger partial charge in [0.2, 0.25) is 0 Å². The molecule has 0 aromatic rings. The van der Waals surface area contributed by atoms with Gasteiger partial charge in [0.1, 0.15) is 0 Å². The number of rotatable bonds is 3. The van der Waals surface area contributed by atoms with Crippen LogP contribution in [0.3, 0.4) is 0 Å². The molecule has 1 rings (SSSR count). The number of carbonyl (C=O) groups is 1. The maximum absolute atomic E-state index is 10.5. The van der Waals surface area contributed by atoms with Crippen molar-refractivity contribution < 1.29 is 15.0 Å². The van der Waals surface area contributed by atoms with E-state index in [9.17, 15) is 9.90 Å². The lowest BCUT2D eigenvalue weighted by Gasteiger charge is -2.43. The number of nitrogens with zero attached hydrogens (tertiary/aromatic N) is 1. The third kappa shape index (κ3) is 1.69. The average molecular weight is 173 g/mol. The largest absolute Gasteiger partial charge is 0.465 e. The molecular formula is C8H15NO3. The number of aliphatic hydroxyl groups is 1. The topological polar surface area (TPSA) is 60.8 Å². The molecule has 0 spiro atoms. The Labute approximate surface area is 71.8 Å². The lowest BCUT2D eigenvalue weighted by atomic mass is 9.95. The van der Waals surface area contributed by atoms with Crippen molar-refractivity contribution in [3.05, 3.63) is 0 Å². The maximum atomic E-state index is 10.5. The highest BCUT2D eigenvalue weighted by molar-refractivity contribution is 5.66. The van der Waals surface area contributed by atoms with Gasteiger partial charge in [0.15, 0.2) is 0 Å². The Hall–Kier alpha value is -0.770. The summed E-state index contributed by atoms with van der Waals surface area (Å²) in [5.41, 5.74) is 0. The fourth-order valence-electron chi connectivity index (χ4n) is 1.51. The standard InChI is InChI=1S/C8H15NO3/c1-2-3-4-6-7(10)5-9(6)8(11)12/h6-7,10H,2-5H2,1H3,(H,11,12). The van der Waals surface area contributed by atoms with Crippen molar-refractivity contribution in [1.29, 1.82) is 0 Å². The minimum atomic E-state index is -0.915. The van der Waals surface area contributed by atoms with E-state index in [0.29, 0.717) is 0 Å². The van der Waals surface area contributed by atoms with E-state index in [0.717, 1.165) is 19.3 Å². The first-order valence-corrected chi connectivity index (χ1v) is 4.34. The number of amides is 1. The van der Waals surface area contributed by atoms with Crippen LogP contribution in [-0.2, 0) is 0 Å². The number of hydrogen-bond donors (Lipinski definition) is 2. The van der Waals surface area contributed by atoms with Gasteiger partial charge in [0.25, 0.3) is 0 Å². The van der Waals surface area contributed by atoms with Crippen LogP contribution in [0.5, 0.6) is 0 Å². The molecule has 0 bridgehead atoms. The van der Waals surface area contributed by atoms with Gasteiger partial charge in [-0.15, -0.1) is 0 Å². The predicted molar refractivity (Wildman–Crippen MR) is 44.1 cm³/mol. The Balaban J connectivity index is 2.34. The van der Waals surface area contributed by atoms with E-state index in [1.807, 2.05) is 0 Å². The molecule has 1 fully saturated rings. The Kier molecular flexibility index (Phi) is 2.92. The molecule has 2 N–H and O–H groups in total. The SMILES string of the molecule is CCCCC1C(O)CN1C(=O)O. The zero-order valence-corrected chi connectivity index (χ0v) is 7.23. The number of β-amino-alcohol motifs (C(OH)–C–C–N with tert-alkyl or cyclic N) is 1. The van der Waals surface area contributed by atoms with Crippen LogP contribution < -0.4 is 0 Å². The lowest BCUT2D eigenvalue weighted by Crippen LogP contribution is -2.61.